The monoisotopic (exact) mass is 126 g/mol. The molecule has 0 unspecified atom stereocenters. The average Bonchev–Trinajstić information content (AvgIpc) is 2.25. The number of carbonyl (C=O) groups excluding carboxylic acids is 1. The highest BCUT2D eigenvalue weighted by Gasteiger charge is 2.46. The molecule has 50 valence electrons. The lowest BCUT2D eigenvalue weighted by Gasteiger charge is -2.03. The zero-order chi connectivity index (χ0) is 6.43. The molecule has 0 amide bonds. The van der Waals surface area contributed by atoms with Crippen molar-refractivity contribution < 1.29 is 9.90 Å². The van der Waals surface area contributed by atoms with Crippen LogP contribution in [-0.4, -0.2) is 17.0 Å². The largest absolute Gasteiger partial charge is 0.392 e. The van der Waals surface area contributed by atoms with E-state index in [9.17, 15) is 9.90 Å². The second-order valence-electron chi connectivity index (χ2n) is 3.10. The van der Waals surface area contributed by atoms with Gasteiger partial charge >= 0.3 is 0 Å². The summed E-state index contributed by atoms with van der Waals surface area (Å²) in [6, 6.07) is 0. The summed E-state index contributed by atoms with van der Waals surface area (Å²) < 4.78 is 0. The summed E-state index contributed by atoms with van der Waals surface area (Å²) in [5.41, 5.74) is 0. The van der Waals surface area contributed by atoms with Crippen molar-refractivity contribution >= 4 is 5.78 Å². The number of carbonyl (C=O) groups is 1. The first-order valence-electron chi connectivity index (χ1n) is 3.50. The molecule has 2 aliphatic carbocycles. The molecular weight excluding hydrogens is 116 g/mol. The maximum absolute atomic E-state index is 10.9. The van der Waals surface area contributed by atoms with E-state index < -0.39 is 0 Å². The minimum atomic E-state index is -0.280. The highest BCUT2D eigenvalue weighted by molar-refractivity contribution is 5.85. The Morgan fingerprint density at radius 3 is 2.44 bits per heavy atom. The number of aliphatic hydroxyl groups is 1. The summed E-state index contributed by atoms with van der Waals surface area (Å²) in [5.74, 6) is 0.635. The van der Waals surface area contributed by atoms with Crippen molar-refractivity contribution in [3.05, 3.63) is 0 Å². The maximum atomic E-state index is 10.9. The molecule has 0 aliphatic heterocycles. The Bertz CT molecular complexity index is 153. The lowest BCUT2D eigenvalue weighted by Crippen LogP contribution is -2.14. The van der Waals surface area contributed by atoms with Gasteiger partial charge in [-0.1, -0.05) is 0 Å². The Labute approximate surface area is 53.9 Å². The van der Waals surface area contributed by atoms with E-state index in [2.05, 4.69) is 0 Å². The van der Waals surface area contributed by atoms with Crippen molar-refractivity contribution in [3.63, 3.8) is 0 Å². The van der Waals surface area contributed by atoms with Crippen LogP contribution in [0.3, 0.4) is 0 Å². The molecule has 0 radical (unpaired) electrons. The highest BCUT2D eigenvalue weighted by Crippen LogP contribution is 2.41. The lowest BCUT2D eigenvalue weighted by atomic mass is 10.00. The molecule has 0 heterocycles. The second-order valence-corrected chi connectivity index (χ2v) is 3.10. The van der Waals surface area contributed by atoms with Crippen molar-refractivity contribution in [3.8, 4) is 0 Å². The Hall–Kier alpha value is -0.370. The molecule has 2 fully saturated rings. The van der Waals surface area contributed by atoms with Crippen molar-refractivity contribution in [2.75, 3.05) is 0 Å². The molecule has 2 nitrogen and oxygen atoms in total. The third-order valence-corrected chi connectivity index (χ3v) is 2.62. The molecule has 0 saturated heterocycles. The molecule has 0 aromatic carbocycles. The van der Waals surface area contributed by atoms with E-state index in [1.165, 1.54) is 0 Å². The predicted octanol–water partition coefficient (Wildman–Crippen LogP) is 0.346. The van der Waals surface area contributed by atoms with Gasteiger partial charge in [0.25, 0.3) is 0 Å². The molecule has 3 atom stereocenters. The van der Waals surface area contributed by atoms with Crippen LogP contribution in [0.5, 0.6) is 0 Å². The maximum Gasteiger partial charge on any atom is 0.138 e. The van der Waals surface area contributed by atoms with Crippen molar-refractivity contribution in [2.45, 2.75) is 25.4 Å². The third-order valence-electron chi connectivity index (χ3n) is 2.62. The molecule has 2 bridgehead atoms. The van der Waals surface area contributed by atoms with Gasteiger partial charge in [-0.3, -0.25) is 4.79 Å². The van der Waals surface area contributed by atoms with Gasteiger partial charge in [0.05, 0.1) is 6.10 Å². The van der Waals surface area contributed by atoms with Crippen LogP contribution in [0, 0.1) is 11.8 Å². The van der Waals surface area contributed by atoms with Crippen LogP contribution in [0.25, 0.3) is 0 Å². The number of aliphatic hydroxyl groups excluding tert-OH is 1. The Kier molecular flexibility index (Phi) is 0.943. The molecule has 1 N–H and O–H groups in total. The molecule has 0 spiro atoms. The molecule has 0 aromatic heterocycles. The van der Waals surface area contributed by atoms with Crippen LogP contribution in [-0.2, 0) is 4.79 Å². The minimum absolute atomic E-state index is 0.0231. The summed E-state index contributed by atoms with van der Waals surface area (Å²) in [7, 11) is 0. The standard InChI is InChI=1S/C7H10O2/c8-6-3-4-1-2-5(6)7(4)9/h4-5,7,9H,1-3H2/t4-,5+,7-/m0/s1. The van der Waals surface area contributed by atoms with Crippen LogP contribution < -0.4 is 0 Å². The van der Waals surface area contributed by atoms with Crippen molar-refractivity contribution in [1.82, 2.24) is 0 Å². The number of fused-ring (bicyclic) bond motifs is 2. The highest BCUT2D eigenvalue weighted by atomic mass is 16.3. The van der Waals surface area contributed by atoms with E-state index in [-0.39, 0.29) is 12.0 Å². The molecule has 2 rings (SSSR count). The normalized spacial score (nSPS) is 48.6. The SMILES string of the molecule is O=C1C[C@@H]2CC[C@H]1[C@H]2O. The fourth-order valence-corrected chi connectivity index (χ4v) is 2.05. The van der Waals surface area contributed by atoms with Gasteiger partial charge in [0.2, 0.25) is 0 Å². The summed E-state index contributed by atoms with van der Waals surface area (Å²) in [6.45, 7) is 0. The van der Waals surface area contributed by atoms with E-state index in [0.29, 0.717) is 18.1 Å². The van der Waals surface area contributed by atoms with Crippen molar-refractivity contribution in [1.29, 1.82) is 0 Å². The summed E-state index contributed by atoms with van der Waals surface area (Å²) in [4.78, 5) is 10.9. The topological polar surface area (TPSA) is 37.3 Å². The summed E-state index contributed by atoms with van der Waals surface area (Å²) >= 11 is 0. The van der Waals surface area contributed by atoms with E-state index in [1.54, 1.807) is 0 Å². The zero-order valence-corrected chi connectivity index (χ0v) is 5.21. The molecule has 9 heavy (non-hydrogen) atoms. The molecule has 0 aromatic rings. The molecule has 2 aliphatic rings. The van der Waals surface area contributed by atoms with Gasteiger partial charge in [0, 0.05) is 12.3 Å². The Morgan fingerprint density at radius 2 is 2.22 bits per heavy atom. The fourth-order valence-electron chi connectivity index (χ4n) is 2.05. The third kappa shape index (κ3) is 0.568. The van der Waals surface area contributed by atoms with Gasteiger partial charge < -0.3 is 5.11 Å². The average molecular weight is 126 g/mol. The predicted molar refractivity (Wildman–Crippen MR) is 31.8 cm³/mol. The lowest BCUT2D eigenvalue weighted by molar-refractivity contribution is -0.122. The molecule has 2 heteroatoms. The van der Waals surface area contributed by atoms with Crippen LogP contribution >= 0.6 is 0 Å². The number of hydrogen-bond donors (Lipinski definition) is 1. The first-order chi connectivity index (χ1) is 4.29. The smallest absolute Gasteiger partial charge is 0.138 e. The first-order valence-corrected chi connectivity index (χ1v) is 3.50. The van der Waals surface area contributed by atoms with Gasteiger partial charge in [-0.15, -0.1) is 0 Å². The summed E-state index contributed by atoms with van der Waals surface area (Å²) in [5, 5.41) is 9.28. The van der Waals surface area contributed by atoms with Gasteiger partial charge in [-0.25, -0.2) is 0 Å². The summed E-state index contributed by atoms with van der Waals surface area (Å²) in [6.07, 6.45) is 2.37. The van der Waals surface area contributed by atoms with E-state index in [1.807, 2.05) is 0 Å². The van der Waals surface area contributed by atoms with E-state index >= 15 is 0 Å². The number of Topliss-reactive ketones (excluding diaryl/α,β-unsaturated/α-hetero) is 1. The van der Waals surface area contributed by atoms with Gasteiger partial charge in [-0.2, -0.15) is 0 Å². The quantitative estimate of drug-likeness (QED) is 0.508. The van der Waals surface area contributed by atoms with Gasteiger partial charge in [0.1, 0.15) is 5.78 Å². The number of rotatable bonds is 0. The van der Waals surface area contributed by atoms with Crippen LogP contribution in [0.1, 0.15) is 19.3 Å². The minimum Gasteiger partial charge on any atom is -0.392 e. The fraction of sp³-hybridized carbons (Fsp3) is 0.857. The van der Waals surface area contributed by atoms with Crippen molar-refractivity contribution in [2.24, 2.45) is 11.8 Å². The van der Waals surface area contributed by atoms with E-state index in [0.717, 1.165) is 12.8 Å². The van der Waals surface area contributed by atoms with Crippen LogP contribution in [0.4, 0.5) is 0 Å². The zero-order valence-electron chi connectivity index (χ0n) is 5.21. The van der Waals surface area contributed by atoms with Gasteiger partial charge in [0.15, 0.2) is 0 Å². The van der Waals surface area contributed by atoms with Crippen LogP contribution in [0.15, 0.2) is 0 Å². The Balaban J connectivity index is 2.26. The number of hydrogen-bond acceptors (Lipinski definition) is 2. The second kappa shape index (κ2) is 1.57. The van der Waals surface area contributed by atoms with E-state index in [4.69, 9.17) is 0 Å². The molecule has 2 saturated carbocycles. The van der Waals surface area contributed by atoms with Gasteiger partial charge in [-0.05, 0) is 18.8 Å². The number of ketones is 1. The van der Waals surface area contributed by atoms with Crippen LogP contribution in [0.2, 0.25) is 0 Å². The first kappa shape index (κ1) is 5.42. The Morgan fingerprint density at radius 1 is 1.44 bits per heavy atom. The molecular formula is C7H10O2.